The lowest BCUT2D eigenvalue weighted by molar-refractivity contribution is -0.118. The van der Waals surface area contributed by atoms with E-state index in [4.69, 9.17) is 23.9 Å². The molecule has 0 aliphatic heterocycles. The first-order chi connectivity index (χ1) is 22.6. The lowest BCUT2D eigenvalue weighted by Gasteiger charge is -2.17. The van der Waals surface area contributed by atoms with Crippen molar-refractivity contribution >= 4 is 28.7 Å². The fourth-order valence-corrected chi connectivity index (χ4v) is 5.10. The molecule has 0 saturated carbocycles. The number of methoxy groups -OCH3 is 3. The zero-order chi connectivity index (χ0) is 33.7. The molecule has 0 saturated heterocycles. The van der Waals surface area contributed by atoms with Crippen molar-refractivity contribution in [2.75, 3.05) is 33.3 Å². The third-order valence-corrected chi connectivity index (χ3v) is 7.49. The normalized spacial score (nSPS) is 11.2. The standard InChI is InChI=1S/C36H35FN4O6/c1-21(2)25-18-26(22(3)15-30(25)44-4)35-40-28-13-9-7-11-24(28)36(43)41(35)38-19-23-16-31(45-5)34(32(17-23)46-6)47-20-33(42)39-29-14-10-8-12-27(29)37/h7-19,21H,20H2,1-6H3,(H,39,42). The van der Waals surface area contributed by atoms with E-state index in [-0.39, 0.29) is 34.4 Å². The summed E-state index contributed by atoms with van der Waals surface area (Å²) in [6, 6.07) is 20.1. The number of hydrogen-bond acceptors (Lipinski definition) is 8. The molecule has 5 aromatic rings. The number of carbonyl (C=O) groups excluding carboxylic acids is 1. The van der Waals surface area contributed by atoms with E-state index < -0.39 is 18.3 Å². The highest BCUT2D eigenvalue weighted by atomic mass is 19.1. The molecule has 1 amide bonds. The van der Waals surface area contributed by atoms with Crippen molar-refractivity contribution in [1.82, 2.24) is 9.66 Å². The number of nitrogens with one attached hydrogen (secondary N) is 1. The topological polar surface area (TPSA) is 113 Å². The van der Waals surface area contributed by atoms with Gasteiger partial charge in [-0.1, -0.05) is 38.1 Å². The summed E-state index contributed by atoms with van der Waals surface area (Å²) in [6.45, 7) is 5.64. The Kier molecular flexibility index (Phi) is 9.84. The molecule has 0 bridgehead atoms. The minimum atomic E-state index is -0.574. The molecule has 0 aliphatic rings. The average molecular weight is 639 g/mol. The molecule has 0 unspecified atom stereocenters. The van der Waals surface area contributed by atoms with Gasteiger partial charge < -0.3 is 24.3 Å². The molecule has 242 valence electrons. The molecular weight excluding hydrogens is 603 g/mol. The SMILES string of the molecule is COc1cc(C)c(-c2nc3ccccc3c(=O)n2N=Cc2cc(OC)c(OCC(=O)Nc3ccccc3F)c(OC)c2)cc1C(C)C. The number of rotatable bonds is 11. The van der Waals surface area contributed by atoms with Crippen LogP contribution in [0.25, 0.3) is 22.3 Å². The number of para-hydroxylation sites is 2. The molecule has 0 radical (unpaired) electrons. The van der Waals surface area contributed by atoms with Crippen molar-refractivity contribution in [3.63, 3.8) is 0 Å². The lowest BCUT2D eigenvalue weighted by Crippen LogP contribution is -2.21. The largest absolute Gasteiger partial charge is 0.496 e. The Bertz CT molecular complexity index is 2010. The zero-order valence-corrected chi connectivity index (χ0v) is 27.0. The minimum absolute atomic E-state index is 0.0367. The van der Waals surface area contributed by atoms with Crippen LogP contribution in [0.2, 0.25) is 0 Å². The molecular formula is C36H35FN4O6. The monoisotopic (exact) mass is 638 g/mol. The Balaban J connectivity index is 1.53. The molecule has 0 atom stereocenters. The number of aromatic nitrogens is 2. The van der Waals surface area contributed by atoms with Crippen LogP contribution in [-0.2, 0) is 4.79 Å². The highest BCUT2D eigenvalue weighted by Gasteiger charge is 2.20. The molecule has 11 heteroatoms. The molecule has 1 aromatic heterocycles. The summed E-state index contributed by atoms with van der Waals surface area (Å²) in [7, 11) is 4.52. The van der Waals surface area contributed by atoms with Crippen molar-refractivity contribution in [2.45, 2.75) is 26.7 Å². The van der Waals surface area contributed by atoms with E-state index in [2.05, 4.69) is 24.3 Å². The van der Waals surface area contributed by atoms with E-state index in [9.17, 15) is 14.0 Å². The summed E-state index contributed by atoms with van der Waals surface area (Å²) >= 11 is 0. The number of carbonyl (C=O) groups is 1. The van der Waals surface area contributed by atoms with E-state index in [1.165, 1.54) is 43.3 Å². The maximum Gasteiger partial charge on any atom is 0.282 e. The van der Waals surface area contributed by atoms with Crippen LogP contribution < -0.4 is 29.8 Å². The second-order valence-electron chi connectivity index (χ2n) is 10.9. The molecule has 5 rings (SSSR count). The van der Waals surface area contributed by atoms with Crippen molar-refractivity contribution in [3.8, 4) is 34.4 Å². The number of fused-ring (bicyclic) bond motifs is 1. The number of anilines is 1. The number of nitrogens with zero attached hydrogens (tertiary/aromatic N) is 3. The van der Waals surface area contributed by atoms with E-state index in [0.29, 0.717) is 22.3 Å². The summed E-state index contributed by atoms with van der Waals surface area (Å²) in [4.78, 5) is 31.2. The maximum atomic E-state index is 14.0. The average Bonchev–Trinajstić information content (AvgIpc) is 3.07. The fourth-order valence-electron chi connectivity index (χ4n) is 5.10. The second kappa shape index (κ2) is 14.2. The van der Waals surface area contributed by atoms with Crippen LogP contribution in [0, 0.1) is 12.7 Å². The van der Waals surface area contributed by atoms with E-state index in [1.807, 2.05) is 25.1 Å². The second-order valence-corrected chi connectivity index (χ2v) is 10.9. The summed E-state index contributed by atoms with van der Waals surface area (Å²) < 4.78 is 37.7. The van der Waals surface area contributed by atoms with Gasteiger partial charge in [0.15, 0.2) is 23.9 Å². The van der Waals surface area contributed by atoms with Gasteiger partial charge in [0.25, 0.3) is 11.5 Å². The van der Waals surface area contributed by atoms with Crippen molar-refractivity contribution < 1.29 is 28.1 Å². The van der Waals surface area contributed by atoms with Crippen LogP contribution in [0.15, 0.2) is 82.7 Å². The zero-order valence-electron chi connectivity index (χ0n) is 27.0. The van der Waals surface area contributed by atoms with Gasteiger partial charge in [-0.15, -0.1) is 0 Å². The van der Waals surface area contributed by atoms with Gasteiger partial charge in [-0.2, -0.15) is 9.78 Å². The van der Waals surface area contributed by atoms with Gasteiger partial charge in [0.1, 0.15) is 11.6 Å². The molecule has 0 fully saturated rings. The summed E-state index contributed by atoms with van der Waals surface area (Å²) in [5.41, 5.74) is 3.32. The fraction of sp³-hybridized carbons (Fsp3) is 0.222. The Morgan fingerprint density at radius 3 is 2.28 bits per heavy atom. The Hall–Kier alpha value is -5.71. The van der Waals surface area contributed by atoms with Gasteiger partial charge in [0, 0.05) is 11.1 Å². The Morgan fingerprint density at radius 2 is 1.62 bits per heavy atom. The summed E-state index contributed by atoms with van der Waals surface area (Å²) in [5, 5.41) is 7.49. The van der Waals surface area contributed by atoms with Crippen LogP contribution in [-0.4, -0.2) is 49.7 Å². The maximum absolute atomic E-state index is 14.0. The van der Waals surface area contributed by atoms with Gasteiger partial charge >= 0.3 is 0 Å². The van der Waals surface area contributed by atoms with Gasteiger partial charge in [-0.05, 0) is 72.5 Å². The molecule has 1 heterocycles. The van der Waals surface area contributed by atoms with Gasteiger partial charge in [0.2, 0.25) is 5.75 Å². The van der Waals surface area contributed by atoms with Gasteiger partial charge in [0.05, 0.1) is 44.1 Å². The van der Waals surface area contributed by atoms with Crippen LogP contribution in [0.1, 0.15) is 36.5 Å². The highest BCUT2D eigenvalue weighted by Crippen LogP contribution is 2.38. The summed E-state index contributed by atoms with van der Waals surface area (Å²) in [5.74, 6) is 0.803. The number of benzene rings is 4. The lowest BCUT2D eigenvalue weighted by atomic mass is 9.96. The van der Waals surface area contributed by atoms with Gasteiger partial charge in [-0.3, -0.25) is 9.59 Å². The smallest absolute Gasteiger partial charge is 0.282 e. The van der Waals surface area contributed by atoms with Crippen LogP contribution in [0.4, 0.5) is 10.1 Å². The Labute approximate surface area is 271 Å². The van der Waals surface area contributed by atoms with Crippen LogP contribution in [0.5, 0.6) is 23.0 Å². The Morgan fingerprint density at radius 1 is 0.957 bits per heavy atom. The van der Waals surface area contributed by atoms with E-state index in [1.54, 1.807) is 43.5 Å². The molecule has 0 aliphatic carbocycles. The first kappa shape index (κ1) is 32.7. The number of ether oxygens (including phenoxy) is 4. The molecule has 10 nitrogen and oxygen atoms in total. The van der Waals surface area contributed by atoms with Crippen LogP contribution >= 0.6 is 0 Å². The molecule has 47 heavy (non-hydrogen) atoms. The van der Waals surface area contributed by atoms with Crippen molar-refractivity contribution in [2.24, 2.45) is 5.10 Å². The predicted molar refractivity (Wildman–Crippen MR) is 180 cm³/mol. The molecule has 4 aromatic carbocycles. The first-order valence-electron chi connectivity index (χ1n) is 14.8. The molecule has 0 spiro atoms. The predicted octanol–water partition coefficient (Wildman–Crippen LogP) is 6.56. The van der Waals surface area contributed by atoms with Crippen molar-refractivity contribution in [3.05, 3.63) is 106 Å². The first-order valence-corrected chi connectivity index (χ1v) is 14.8. The van der Waals surface area contributed by atoms with E-state index in [0.717, 1.165) is 22.4 Å². The number of hydrogen-bond donors (Lipinski definition) is 1. The minimum Gasteiger partial charge on any atom is -0.496 e. The third kappa shape index (κ3) is 6.94. The number of aryl methyl sites for hydroxylation is 1. The number of halogens is 1. The highest BCUT2D eigenvalue weighted by molar-refractivity contribution is 5.92. The number of amides is 1. The van der Waals surface area contributed by atoms with Crippen LogP contribution in [0.3, 0.4) is 0 Å². The summed E-state index contributed by atoms with van der Waals surface area (Å²) in [6.07, 6.45) is 1.49. The third-order valence-electron chi connectivity index (χ3n) is 7.49. The van der Waals surface area contributed by atoms with Gasteiger partial charge in [-0.25, -0.2) is 9.37 Å². The quantitative estimate of drug-likeness (QED) is 0.163. The van der Waals surface area contributed by atoms with E-state index >= 15 is 0 Å². The van der Waals surface area contributed by atoms with Crippen molar-refractivity contribution in [1.29, 1.82) is 0 Å². The molecule has 1 N–H and O–H groups in total.